The van der Waals surface area contributed by atoms with Crippen molar-refractivity contribution >= 4 is 22.3 Å². The molecule has 3 nitrogen and oxygen atoms in total. The lowest BCUT2D eigenvalue weighted by molar-refractivity contribution is 0.225. The average molecular weight is 256 g/mol. The number of aromatic nitrogens is 2. The molecule has 1 unspecified atom stereocenters. The van der Waals surface area contributed by atoms with Gasteiger partial charge in [0.2, 0.25) is 0 Å². The third kappa shape index (κ3) is 1.79. The van der Waals surface area contributed by atoms with E-state index in [1.807, 2.05) is 49.4 Å². The number of aliphatic hydroxyl groups excluding tert-OH is 1. The minimum atomic E-state index is -0.656. The first-order valence-corrected chi connectivity index (χ1v) is 6.49. The largest absolute Gasteiger partial charge is 0.383 e. The highest BCUT2D eigenvalue weighted by atomic mass is 32.1. The summed E-state index contributed by atoms with van der Waals surface area (Å²) in [5, 5.41) is 16.6. The smallest absolute Gasteiger partial charge is 0.117 e. The van der Waals surface area contributed by atoms with E-state index in [-0.39, 0.29) is 0 Å². The van der Waals surface area contributed by atoms with Crippen LogP contribution in [-0.2, 0) is 0 Å². The normalized spacial score (nSPS) is 12.8. The fraction of sp³-hybridized carbons (Fsp3) is 0.143. The molecule has 90 valence electrons. The second kappa shape index (κ2) is 4.48. The standard InChI is InChI=1S/C14H12N2OS/c1-9-14(18-16-15-9)13(17)12-8-4-6-10-5-2-3-7-11(10)12/h2-8,13,17H,1H3. The Bertz CT molecular complexity index is 688. The van der Waals surface area contributed by atoms with E-state index in [9.17, 15) is 5.11 Å². The number of nitrogens with zero attached hydrogens (tertiary/aromatic N) is 2. The zero-order chi connectivity index (χ0) is 12.5. The molecule has 1 heterocycles. The van der Waals surface area contributed by atoms with Crippen LogP contribution in [0.2, 0.25) is 0 Å². The van der Waals surface area contributed by atoms with Crippen molar-refractivity contribution in [2.75, 3.05) is 0 Å². The van der Waals surface area contributed by atoms with Gasteiger partial charge >= 0.3 is 0 Å². The molecular weight excluding hydrogens is 244 g/mol. The number of aliphatic hydroxyl groups is 1. The highest BCUT2D eigenvalue weighted by Crippen LogP contribution is 2.31. The molecule has 1 atom stereocenters. The van der Waals surface area contributed by atoms with Gasteiger partial charge in [-0.3, -0.25) is 0 Å². The van der Waals surface area contributed by atoms with Gasteiger partial charge in [0.05, 0.1) is 10.6 Å². The van der Waals surface area contributed by atoms with Gasteiger partial charge in [0.15, 0.2) is 0 Å². The first kappa shape index (κ1) is 11.3. The number of fused-ring (bicyclic) bond motifs is 1. The summed E-state index contributed by atoms with van der Waals surface area (Å²) in [7, 11) is 0. The summed E-state index contributed by atoms with van der Waals surface area (Å²) >= 11 is 1.25. The van der Waals surface area contributed by atoms with Crippen LogP contribution >= 0.6 is 11.5 Å². The first-order chi connectivity index (χ1) is 8.77. The van der Waals surface area contributed by atoms with Crippen LogP contribution in [0.1, 0.15) is 22.2 Å². The van der Waals surface area contributed by atoms with Crippen molar-refractivity contribution in [2.24, 2.45) is 0 Å². The topological polar surface area (TPSA) is 46.0 Å². The van der Waals surface area contributed by atoms with Crippen LogP contribution in [-0.4, -0.2) is 14.7 Å². The summed E-state index contributed by atoms with van der Waals surface area (Å²) in [6.45, 7) is 1.87. The predicted molar refractivity (Wildman–Crippen MR) is 72.7 cm³/mol. The zero-order valence-corrected chi connectivity index (χ0v) is 10.7. The summed E-state index contributed by atoms with van der Waals surface area (Å²) in [5.74, 6) is 0. The van der Waals surface area contributed by atoms with Crippen LogP contribution in [0.3, 0.4) is 0 Å². The molecule has 0 amide bonds. The van der Waals surface area contributed by atoms with E-state index in [4.69, 9.17) is 0 Å². The monoisotopic (exact) mass is 256 g/mol. The van der Waals surface area contributed by atoms with Gasteiger partial charge in [-0.1, -0.05) is 47.0 Å². The number of rotatable bonds is 2. The van der Waals surface area contributed by atoms with Gasteiger partial charge in [-0.15, -0.1) is 5.10 Å². The van der Waals surface area contributed by atoms with Crippen LogP contribution in [0, 0.1) is 6.92 Å². The molecule has 1 aromatic heterocycles. The average Bonchev–Trinajstić information content (AvgIpc) is 2.83. The summed E-state index contributed by atoms with van der Waals surface area (Å²) < 4.78 is 3.88. The lowest BCUT2D eigenvalue weighted by atomic mass is 9.99. The molecule has 1 N–H and O–H groups in total. The Morgan fingerprint density at radius 1 is 1.11 bits per heavy atom. The summed E-state index contributed by atoms with van der Waals surface area (Å²) in [6, 6.07) is 14.0. The Hall–Kier alpha value is -1.78. The van der Waals surface area contributed by atoms with Gasteiger partial charge in [-0.2, -0.15) is 0 Å². The molecule has 0 aliphatic carbocycles. The maximum absolute atomic E-state index is 10.5. The molecule has 0 bridgehead atoms. The fourth-order valence-corrected chi connectivity index (χ4v) is 2.77. The van der Waals surface area contributed by atoms with Crippen molar-refractivity contribution in [3.8, 4) is 0 Å². The minimum Gasteiger partial charge on any atom is -0.383 e. The first-order valence-electron chi connectivity index (χ1n) is 5.72. The Morgan fingerprint density at radius 3 is 2.67 bits per heavy atom. The third-order valence-corrected chi connectivity index (χ3v) is 3.93. The van der Waals surface area contributed by atoms with Crippen LogP contribution in [0.5, 0.6) is 0 Å². The van der Waals surface area contributed by atoms with Crippen molar-refractivity contribution in [1.82, 2.24) is 9.59 Å². The molecule has 18 heavy (non-hydrogen) atoms. The van der Waals surface area contributed by atoms with E-state index in [1.54, 1.807) is 0 Å². The molecule has 0 aliphatic heterocycles. The number of aryl methyl sites for hydroxylation is 1. The summed E-state index contributed by atoms with van der Waals surface area (Å²) in [6.07, 6.45) is -0.656. The molecule has 3 aromatic rings. The van der Waals surface area contributed by atoms with Gasteiger partial charge in [-0.25, -0.2) is 0 Å². The Labute approximate surface area is 109 Å². The molecule has 3 rings (SSSR count). The molecule has 0 saturated carbocycles. The van der Waals surface area contributed by atoms with Gasteiger partial charge < -0.3 is 5.11 Å². The molecule has 2 aromatic carbocycles. The van der Waals surface area contributed by atoms with Crippen LogP contribution in [0.4, 0.5) is 0 Å². The van der Waals surface area contributed by atoms with Gasteiger partial charge in [-0.05, 0) is 34.8 Å². The number of hydrogen-bond acceptors (Lipinski definition) is 4. The van der Waals surface area contributed by atoms with Crippen molar-refractivity contribution in [3.05, 3.63) is 58.6 Å². The van der Waals surface area contributed by atoms with E-state index >= 15 is 0 Å². The van der Waals surface area contributed by atoms with Crippen LogP contribution < -0.4 is 0 Å². The van der Waals surface area contributed by atoms with Crippen molar-refractivity contribution in [1.29, 1.82) is 0 Å². The van der Waals surface area contributed by atoms with E-state index in [0.29, 0.717) is 0 Å². The molecule has 4 heteroatoms. The lowest BCUT2D eigenvalue weighted by Crippen LogP contribution is -2.00. The van der Waals surface area contributed by atoms with E-state index in [2.05, 4.69) is 9.59 Å². The van der Waals surface area contributed by atoms with E-state index < -0.39 is 6.10 Å². The molecule has 0 radical (unpaired) electrons. The minimum absolute atomic E-state index is 0.656. The Morgan fingerprint density at radius 2 is 1.89 bits per heavy atom. The van der Waals surface area contributed by atoms with Gasteiger partial charge in [0.25, 0.3) is 0 Å². The molecule has 0 spiro atoms. The number of hydrogen-bond donors (Lipinski definition) is 1. The van der Waals surface area contributed by atoms with Crippen molar-refractivity contribution in [3.63, 3.8) is 0 Å². The van der Waals surface area contributed by atoms with Crippen molar-refractivity contribution in [2.45, 2.75) is 13.0 Å². The second-order valence-electron chi connectivity index (χ2n) is 4.19. The van der Waals surface area contributed by atoms with E-state index in [1.165, 1.54) is 11.5 Å². The second-order valence-corrected chi connectivity index (χ2v) is 4.98. The highest BCUT2D eigenvalue weighted by Gasteiger charge is 2.18. The SMILES string of the molecule is Cc1nnsc1C(O)c1cccc2ccccc12. The quantitative estimate of drug-likeness (QED) is 0.766. The molecule has 0 saturated heterocycles. The lowest BCUT2D eigenvalue weighted by Gasteiger charge is -2.12. The van der Waals surface area contributed by atoms with Gasteiger partial charge in [0, 0.05) is 0 Å². The van der Waals surface area contributed by atoms with Gasteiger partial charge in [0.1, 0.15) is 6.10 Å². The maximum atomic E-state index is 10.5. The van der Waals surface area contributed by atoms with Crippen molar-refractivity contribution < 1.29 is 5.11 Å². The molecule has 0 aliphatic rings. The van der Waals surface area contributed by atoms with E-state index in [0.717, 1.165) is 26.9 Å². The number of benzene rings is 2. The predicted octanol–water partition coefficient (Wildman–Crippen LogP) is 3.08. The Kier molecular flexibility index (Phi) is 2.81. The Balaban J connectivity index is 2.18. The fourth-order valence-electron chi connectivity index (χ4n) is 2.12. The third-order valence-electron chi connectivity index (χ3n) is 3.05. The maximum Gasteiger partial charge on any atom is 0.117 e. The highest BCUT2D eigenvalue weighted by molar-refractivity contribution is 7.05. The summed E-state index contributed by atoms with van der Waals surface area (Å²) in [4.78, 5) is 0.811. The zero-order valence-electron chi connectivity index (χ0n) is 9.87. The van der Waals surface area contributed by atoms with Crippen LogP contribution in [0.25, 0.3) is 10.8 Å². The molecule has 0 fully saturated rings. The van der Waals surface area contributed by atoms with Crippen LogP contribution in [0.15, 0.2) is 42.5 Å². The molecular formula is C14H12N2OS. The summed E-state index contributed by atoms with van der Waals surface area (Å²) in [5.41, 5.74) is 1.70.